The largest absolute Gasteiger partial charge is 0.492 e. The molecule has 0 radical (unpaired) electrons. The van der Waals surface area contributed by atoms with Crippen molar-refractivity contribution in [2.45, 2.75) is 13.0 Å². The van der Waals surface area contributed by atoms with E-state index in [9.17, 15) is 4.79 Å². The second-order valence-electron chi connectivity index (χ2n) is 7.64. The van der Waals surface area contributed by atoms with Crippen LogP contribution in [0, 0.1) is 5.92 Å². The van der Waals surface area contributed by atoms with E-state index in [2.05, 4.69) is 5.10 Å². The molecule has 2 heterocycles. The van der Waals surface area contributed by atoms with Gasteiger partial charge in [0.2, 0.25) is 0 Å². The Morgan fingerprint density at radius 3 is 2.55 bits per heavy atom. The molecule has 154 valence electrons. The van der Waals surface area contributed by atoms with Gasteiger partial charge in [0, 0.05) is 17.8 Å². The van der Waals surface area contributed by atoms with Gasteiger partial charge in [-0.05, 0) is 36.2 Å². The summed E-state index contributed by atoms with van der Waals surface area (Å²) in [4.78, 5) is 12.9. The van der Waals surface area contributed by atoms with E-state index in [0.29, 0.717) is 36.7 Å². The Hall–Kier alpha value is -3.86. The van der Waals surface area contributed by atoms with E-state index < -0.39 is 0 Å². The number of para-hydroxylation sites is 1. The molecule has 0 aliphatic carbocycles. The SMILES string of the molecule is O=C1c2ccc(OCc3cnn(-c4ccccc4)c3)cc2OCC1Cc1ccccc1. The van der Waals surface area contributed by atoms with Gasteiger partial charge in [-0.25, -0.2) is 4.68 Å². The number of fused-ring (bicyclic) bond motifs is 1. The number of benzene rings is 3. The van der Waals surface area contributed by atoms with Crippen LogP contribution in [0.4, 0.5) is 0 Å². The van der Waals surface area contributed by atoms with E-state index in [1.165, 1.54) is 0 Å². The van der Waals surface area contributed by atoms with E-state index >= 15 is 0 Å². The highest BCUT2D eigenvalue weighted by Gasteiger charge is 2.29. The predicted molar refractivity (Wildman–Crippen MR) is 118 cm³/mol. The fraction of sp³-hybridized carbons (Fsp3) is 0.154. The summed E-state index contributed by atoms with van der Waals surface area (Å²) in [6.07, 6.45) is 4.42. The van der Waals surface area contributed by atoms with Crippen molar-refractivity contribution in [2.24, 2.45) is 5.92 Å². The third kappa shape index (κ3) is 4.21. The summed E-state index contributed by atoms with van der Waals surface area (Å²) >= 11 is 0. The minimum Gasteiger partial charge on any atom is -0.492 e. The van der Waals surface area contributed by atoms with Crippen molar-refractivity contribution >= 4 is 5.78 Å². The molecule has 0 saturated heterocycles. The Balaban J connectivity index is 1.24. The van der Waals surface area contributed by atoms with E-state index in [1.54, 1.807) is 18.3 Å². The Morgan fingerprint density at radius 2 is 1.74 bits per heavy atom. The molecule has 5 nitrogen and oxygen atoms in total. The van der Waals surface area contributed by atoms with E-state index in [-0.39, 0.29) is 11.7 Å². The number of hydrogen-bond donors (Lipinski definition) is 0. The molecule has 0 spiro atoms. The van der Waals surface area contributed by atoms with Crippen LogP contribution in [0.15, 0.2) is 91.3 Å². The first-order chi connectivity index (χ1) is 15.3. The third-order valence-electron chi connectivity index (χ3n) is 5.42. The van der Waals surface area contributed by atoms with Crippen LogP contribution in [0.25, 0.3) is 5.69 Å². The number of ether oxygens (including phenoxy) is 2. The Morgan fingerprint density at radius 1 is 0.968 bits per heavy atom. The normalized spacial score (nSPS) is 15.2. The molecule has 0 saturated carbocycles. The first kappa shape index (κ1) is 19.1. The zero-order valence-electron chi connectivity index (χ0n) is 17.0. The molecule has 5 rings (SSSR count). The number of Topliss-reactive ketones (excluding diaryl/α,β-unsaturated/α-hetero) is 1. The lowest BCUT2D eigenvalue weighted by atomic mass is 9.89. The van der Waals surface area contributed by atoms with Crippen LogP contribution < -0.4 is 9.47 Å². The minimum absolute atomic E-state index is 0.126. The fourth-order valence-electron chi connectivity index (χ4n) is 3.77. The highest BCUT2D eigenvalue weighted by atomic mass is 16.5. The van der Waals surface area contributed by atoms with Crippen molar-refractivity contribution in [2.75, 3.05) is 6.61 Å². The van der Waals surface area contributed by atoms with Crippen LogP contribution in [-0.2, 0) is 13.0 Å². The van der Waals surface area contributed by atoms with Gasteiger partial charge >= 0.3 is 0 Å². The van der Waals surface area contributed by atoms with Crippen molar-refractivity contribution < 1.29 is 14.3 Å². The standard InChI is InChI=1S/C26H22N2O3/c29-26-21(13-19-7-3-1-4-8-19)18-31-25-14-23(11-12-24(25)26)30-17-20-15-27-28(16-20)22-9-5-2-6-10-22/h1-12,14-16,21H,13,17-18H2. The molecule has 0 N–H and O–H groups in total. The second kappa shape index (κ2) is 8.48. The average Bonchev–Trinajstić information content (AvgIpc) is 3.30. The van der Waals surface area contributed by atoms with E-state index in [0.717, 1.165) is 16.8 Å². The highest BCUT2D eigenvalue weighted by Crippen LogP contribution is 2.32. The molecule has 0 bridgehead atoms. The molecule has 3 aromatic carbocycles. The first-order valence-corrected chi connectivity index (χ1v) is 10.3. The maximum atomic E-state index is 12.9. The smallest absolute Gasteiger partial charge is 0.173 e. The number of aromatic nitrogens is 2. The second-order valence-corrected chi connectivity index (χ2v) is 7.64. The molecule has 1 unspecified atom stereocenters. The van der Waals surface area contributed by atoms with Crippen LogP contribution >= 0.6 is 0 Å². The number of ketones is 1. The maximum Gasteiger partial charge on any atom is 0.173 e. The van der Waals surface area contributed by atoms with Gasteiger partial charge in [-0.2, -0.15) is 5.10 Å². The molecular weight excluding hydrogens is 388 g/mol. The van der Waals surface area contributed by atoms with Gasteiger partial charge in [0.1, 0.15) is 18.1 Å². The molecule has 4 aromatic rings. The number of carbonyl (C=O) groups excluding carboxylic acids is 1. The highest BCUT2D eigenvalue weighted by molar-refractivity contribution is 6.01. The molecule has 0 fully saturated rings. The van der Waals surface area contributed by atoms with Crippen molar-refractivity contribution in [1.82, 2.24) is 9.78 Å². The molecule has 1 aliphatic heterocycles. The average molecular weight is 410 g/mol. The van der Waals surface area contributed by atoms with Gasteiger partial charge in [0.15, 0.2) is 5.78 Å². The number of carbonyl (C=O) groups is 1. The summed E-state index contributed by atoms with van der Waals surface area (Å²) in [5, 5.41) is 4.39. The topological polar surface area (TPSA) is 53.3 Å². The number of nitrogens with zero attached hydrogens (tertiary/aromatic N) is 2. The predicted octanol–water partition coefficient (Wildman–Crippen LogP) is 4.89. The van der Waals surface area contributed by atoms with Crippen LogP contribution in [0.3, 0.4) is 0 Å². The van der Waals surface area contributed by atoms with E-state index in [1.807, 2.05) is 77.6 Å². The van der Waals surface area contributed by atoms with Crippen LogP contribution in [0.1, 0.15) is 21.5 Å². The summed E-state index contributed by atoms with van der Waals surface area (Å²) in [7, 11) is 0. The number of hydrogen-bond acceptors (Lipinski definition) is 4. The molecule has 5 heteroatoms. The fourth-order valence-corrected chi connectivity index (χ4v) is 3.77. The zero-order chi connectivity index (χ0) is 21.0. The van der Waals surface area contributed by atoms with Crippen LogP contribution in [0.2, 0.25) is 0 Å². The van der Waals surface area contributed by atoms with Gasteiger partial charge in [-0.1, -0.05) is 48.5 Å². The summed E-state index contributed by atoms with van der Waals surface area (Å²) < 4.78 is 13.7. The lowest BCUT2D eigenvalue weighted by molar-refractivity contribution is 0.0830. The van der Waals surface area contributed by atoms with Crippen molar-refractivity contribution in [3.05, 3.63) is 108 Å². The summed E-state index contributed by atoms with van der Waals surface area (Å²) in [6.45, 7) is 0.768. The minimum atomic E-state index is -0.162. The van der Waals surface area contributed by atoms with Gasteiger partial charge < -0.3 is 9.47 Å². The Bertz CT molecular complexity index is 1190. The Kier molecular flexibility index (Phi) is 5.23. The molecule has 31 heavy (non-hydrogen) atoms. The quantitative estimate of drug-likeness (QED) is 0.454. The van der Waals surface area contributed by atoms with Crippen LogP contribution in [0.5, 0.6) is 11.5 Å². The van der Waals surface area contributed by atoms with Gasteiger partial charge in [0.25, 0.3) is 0 Å². The molecule has 1 atom stereocenters. The van der Waals surface area contributed by atoms with Crippen molar-refractivity contribution in [3.63, 3.8) is 0 Å². The molecule has 1 aromatic heterocycles. The van der Waals surface area contributed by atoms with Crippen molar-refractivity contribution in [3.8, 4) is 17.2 Å². The maximum absolute atomic E-state index is 12.9. The summed E-state index contributed by atoms with van der Waals surface area (Å²) in [5.41, 5.74) is 3.72. The van der Waals surface area contributed by atoms with Gasteiger partial charge in [0.05, 0.1) is 30.0 Å². The molecule has 0 amide bonds. The number of rotatable bonds is 6. The summed E-state index contributed by atoms with van der Waals surface area (Å²) in [5.74, 6) is 1.22. The molecule has 1 aliphatic rings. The first-order valence-electron chi connectivity index (χ1n) is 10.3. The van der Waals surface area contributed by atoms with Gasteiger partial charge in [-0.3, -0.25) is 4.79 Å². The lowest BCUT2D eigenvalue weighted by Crippen LogP contribution is -2.29. The van der Waals surface area contributed by atoms with E-state index in [4.69, 9.17) is 9.47 Å². The van der Waals surface area contributed by atoms with Gasteiger partial charge in [-0.15, -0.1) is 0 Å². The third-order valence-corrected chi connectivity index (χ3v) is 5.42. The Labute approximate surface area is 180 Å². The monoisotopic (exact) mass is 410 g/mol. The zero-order valence-corrected chi connectivity index (χ0v) is 17.0. The van der Waals surface area contributed by atoms with Crippen molar-refractivity contribution in [1.29, 1.82) is 0 Å². The van der Waals surface area contributed by atoms with Crippen LogP contribution in [-0.4, -0.2) is 22.2 Å². The molecular formula is C26H22N2O3. The lowest BCUT2D eigenvalue weighted by Gasteiger charge is -2.24. The summed E-state index contributed by atoms with van der Waals surface area (Å²) in [6, 6.07) is 25.4.